The van der Waals surface area contributed by atoms with E-state index in [4.69, 9.17) is 0 Å². The highest BCUT2D eigenvalue weighted by molar-refractivity contribution is 8.00. The van der Waals surface area contributed by atoms with Crippen molar-refractivity contribution in [3.63, 3.8) is 0 Å². The summed E-state index contributed by atoms with van der Waals surface area (Å²) in [5.74, 6) is -1.06. The minimum Gasteiger partial charge on any atom is -0.503 e. The molecule has 1 atom stereocenters. The van der Waals surface area contributed by atoms with Crippen molar-refractivity contribution in [2.45, 2.75) is 23.1 Å². The Hall–Kier alpha value is -4.08. The van der Waals surface area contributed by atoms with Crippen molar-refractivity contribution in [2.24, 2.45) is 0 Å². The van der Waals surface area contributed by atoms with Crippen LogP contribution in [0.3, 0.4) is 0 Å². The van der Waals surface area contributed by atoms with Crippen molar-refractivity contribution in [2.75, 3.05) is 4.90 Å². The van der Waals surface area contributed by atoms with Gasteiger partial charge in [-0.05, 0) is 35.8 Å². The van der Waals surface area contributed by atoms with Crippen LogP contribution in [0.25, 0.3) is 6.08 Å². The van der Waals surface area contributed by atoms with Gasteiger partial charge in [0.1, 0.15) is 0 Å². The lowest BCUT2D eigenvalue weighted by atomic mass is 9.97. The number of hydrogen-bond acceptors (Lipinski definition) is 8. The molecule has 5 rings (SSSR count). The van der Waals surface area contributed by atoms with Crippen LogP contribution in [0.2, 0.25) is 0 Å². The first-order valence-corrected chi connectivity index (χ1v) is 13.3. The van der Waals surface area contributed by atoms with Crippen molar-refractivity contribution in [1.29, 1.82) is 0 Å². The van der Waals surface area contributed by atoms with Crippen LogP contribution in [0.1, 0.15) is 28.3 Å². The average molecular weight is 527 g/mol. The monoisotopic (exact) mass is 526 g/mol. The first kappa shape index (κ1) is 24.6. The van der Waals surface area contributed by atoms with Gasteiger partial charge in [-0.1, -0.05) is 95.4 Å². The fourth-order valence-corrected chi connectivity index (χ4v) is 5.74. The zero-order valence-corrected chi connectivity index (χ0v) is 21.4. The minimum absolute atomic E-state index is 0.0192. The number of hydrogen-bond donors (Lipinski definition) is 1. The number of pyridine rings is 1. The molecule has 0 saturated carbocycles. The third-order valence-electron chi connectivity index (χ3n) is 5.79. The molecule has 0 radical (unpaired) electrons. The molecule has 1 aliphatic rings. The highest BCUT2D eigenvalue weighted by Gasteiger charge is 2.45. The van der Waals surface area contributed by atoms with E-state index in [9.17, 15) is 14.7 Å². The number of ketones is 1. The molecule has 0 spiro atoms. The van der Waals surface area contributed by atoms with E-state index in [1.807, 2.05) is 37.3 Å². The number of amides is 1. The quantitative estimate of drug-likeness (QED) is 0.178. The molecule has 1 N–H and O–H groups in total. The van der Waals surface area contributed by atoms with Crippen LogP contribution in [0.15, 0.2) is 101 Å². The van der Waals surface area contributed by atoms with Crippen LogP contribution in [-0.4, -0.2) is 32.0 Å². The van der Waals surface area contributed by atoms with Crippen LogP contribution >= 0.6 is 23.1 Å². The second-order valence-corrected chi connectivity index (χ2v) is 10.5. The first-order valence-electron chi connectivity index (χ1n) is 11.5. The number of carbonyl (C=O) groups excluding carboxylic acids is 2. The standard InChI is InChI=1S/C28H22N4O3S2/c1-18-9-11-20(12-10-18)17-36-28-31-30-27(37-28)32-24(21-8-5-15-29-16-21)23(25(34)26(32)35)22(33)14-13-19-6-3-2-4-7-19/h2-16,24,34H,17H2,1H3/b14-13+. The van der Waals surface area contributed by atoms with Crippen molar-refractivity contribution < 1.29 is 14.7 Å². The summed E-state index contributed by atoms with van der Waals surface area (Å²) in [6.45, 7) is 2.04. The highest BCUT2D eigenvalue weighted by atomic mass is 32.2. The summed E-state index contributed by atoms with van der Waals surface area (Å²) in [5, 5.41) is 19.6. The van der Waals surface area contributed by atoms with Crippen LogP contribution < -0.4 is 4.90 Å². The van der Waals surface area contributed by atoms with Crippen LogP contribution in [-0.2, 0) is 15.3 Å². The number of nitrogens with zero attached hydrogens (tertiary/aromatic N) is 4. The van der Waals surface area contributed by atoms with Gasteiger partial charge in [0, 0.05) is 18.1 Å². The predicted molar refractivity (Wildman–Crippen MR) is 145 cm³/mol. The first-order chi connectivity index (χ1) is 18.0. The summed E-state index contributed by atoms with van der Waals surface area (Å²) < 4.78 is 0.677. The number of aryl methyl sites for hydroxylation is 1. The number of anilines is 1. The maximum absolute atomic E-state index is 13.3. The SMILES string of the molecule is Cc1ccc(CSc2nnc(N3C(=O)C(O)=C(C(=O)/C=C/c4ccccc4)C3c3cccnc3)s2)cc1. The van der Waals surface area contributed by atoms with Crippen molar-refractivity contribution in [3.8, 4) is 0 Å². The zero-order valence-electron chi connectivity index (χ0n) is 19.8. The lowest BCUT2D eigenvalue weighted by Gasteiger charge is -2.23. The van der Waals surface area contributed by atoms with Crippen molar-refractivity contribution >= 4 is 46.0 Å². The van der Waals surface area contributed by atoms with E-state index in [1.54, 1.807) is 30.6 Å². The van der Waals surface area contributed by atoms with Gasteiger partial charge in [0.25, 0.3) is 5.91 Å². The lowest BCUT2D eigenvalue weighted by molar-refractivity contribution is -0.117. The molecule has 7 nitrogen and oxygen atoms in total. The molecule has 184 valence electrons. The van der Waals surface area contributed by atoms with Crippen molar-refractivity contribution in [1.82, 2.24) is 15.2 Å². The normalized spacial score (nSPS) is 15.6. The number of aliphatic hydroxyl groups excluding tert-OH is 1. The molecule has 0 aliphatic carbocycles. The maximum Gasteiger partial charge on any atom is 0.296 e. The number of thioether (sulfide) groups is 1. The molecular formula is C28H22N4O3S2. The molecule has 0 saturated heterocycles. The van der Waals surface area contributed by atoms with Crippen LogP contribution in [0, 0.1) is 6.92 Å². The molecule has 37 heavy (non-hydrogen) atoms. The van der Waals surface area contributed by atoms with E-state index >= 15 is 0 Å². The van der Waals surface area contributed by atoms with E-state index in [-0.39, 0.29) is 5.57 Å². The number of rotatable bonds is 8. The Bertz CT molecular complexity index is 1480. The summed E-state index contributed by atoms with van der Waals surface area (Å²) >= 11 is 2.75. The van der Waals surface area contributed by atoms with Gasteiger partial charge in [-0.3, -0.25) is 19.5 Å². The molecule has 1 unspecified atom stereocenters. The summed E-state index contributed by atoms with van der Waals surface area (Å²) in [4.78, 5) is 32.0. The Balaban J connectivity index is 1.43. The fraction of sp³-hybridized carbons (Fsp3) is 0.107. The summed E-state index contributed by atoms with van der Waals surface area (Å²) in [6.07, 6.45) is 6.20. The maximum atomic E-state index is 13.3. The van der Waals surface area contributed by atoms with Crippen LogP contribution in [0.5, 0.6) is 0 Å². The Morgan fingerprint density at radius 2 is 1.86 bits per heavy atom. The topological polar surface area (TPSA) is 96.3 Å². The van der Waals surface area contributed by atoms with E-state index < -0.39 is 23.5 Å². The van der Waals surface area contributed by atoms with Crippen molar-refractivity contribution in [3.05, 3.63) is 119 Å². The van der Waals surface area contributed by atoms with Gasteiger partial charge in [-0.2, -0.15) is 0 Å². The Labute approximate surface area is 222 Å². The number of carbonyl (C=O) groups is 2. The van der Waals surface area contributed by atoms with Gasteiger partial charge in [0.05, 0.1) is 11.6 Å². The molecule has 2 aromatic carbocycles. The Morgan fingerprint density at radius 1 is 1.08 bits per heavy atom. The number of allylic oxidation sites excluding steroid dienone is 1. The molecule has 1 aliphatic heterocycles. The predicted octanol–water partition coefficient (Wildman–Crippen LogP) is 5.72. The molecule has 9 heteroatoms. The zero-order chi connectivity index (χ0) is 25.8. The number of aliphatic hydroxyl groups is 1. The Morgan fingerprint density at radius 3 is 2.59 bits per heavy atom. The summed E-state index contributed by atoms with van der Waals surface area (Å²) in [5.41, 5.74) is 3.73. The number of benzene rings is 2. The smallest absolute Gasteiger partial charge is 0.296 e. The van der Waals surface area contributed by atoms with Gasteiger partial charge in [-0.15, -0.1) is 10.2 Å². The Kier molecular flexibility index (Phi) is 7.25. The largest absolute Gasteiger partial charge is 0.503 e. The number of aromatic nitrogens is 3. The third kappa shape index (κ3) is 5.37. The van der Waals surface area contributed by atoms with Gasteiger partial charge in [-0.25, -0.2) is 0 Å². The van der Waals surface area contributed by atoms with Gasteiger partial charge >= 0.3 is 0 Å². The third-order valence-corrected chi connectivity index (χ3v) is 7.91. The van der Waals surface area contributed by atoms with Gasteiger partial charge in [0.15, 0.2) is 15.9 Å². The fourth-order valence-electron chi connectivity index (χ4n) is 3.92. The van der Waals surface area contributed by atoms with E-state index in [2.05, 4.69) is 39.4 Å². The van der Waals surface area contributed by atoms with Gasteiger partial charge in [0.2, 0.25) is 5.13 Å². The molecular weight excluding hydrogens is 504 g/mol. The van der Waals surface area contributed by atoms with Gasteiger partial charge < -0.3 is 5.11 Å². The highest BCUT2D eigenvalue weighted by Crippen LogP contribution is 2.43. The average Bonchev–Trinajstić information content (AvgIpc) is 3.50. The molecule has 4 aromatic rings. The molecule has 3 heterocycles. The summed E-state index contributed by atoms with van der Waals surface area (Å²) in [7, 11) is 0. The molecule has 0 fully saturated rings. The van der Waals surface area contributed by atoms with E-state index in [0.717, 1.165) is 11.1 Å². The second kappa shape index (κ2) is 10.9. The van der Waals surface area contributed by atoms with Crippen LogP contribution in [0.4, 0.5) is 5.13 Å². The summed E-state index contributed by atoms with van der Waals surface area (Å²) in [6, 6.07) is 20.2. The minimum atomic E-state index is -0.878. The van der Waals surface area contributed by atoms with E-state index in [1.165, 1.54) is 39.6 Å². The van der Waals surface area contributed by atoms with E-state index in [0.29, 0.717) is 20.8 Å². The molecule has 1 amide bonds. The lowest BCUT2D eigenvalue weighted by Crippen LogP contribution is -2.30. The second-order valence-electron chi connectivity index (χ2n) is 8.36. The molecule has 2 aromatic heterocycles. The molecule has 0 bridgehead atoms.